The van der Waals surface area contributed by atoms with Crippen LogP contribution >= 0.6 is 22.9 Å². The summed E-state index contributed by atoms with van der Waals surface area (Å²) < 4.78 is 19.3. The van der Waals surface area contributed by atoms with Crippen LogP contribution in [0.2, 0.25) is 5.02 Å². The summed E-state index contributed by atoms with van der Waals surface area (Å²) in [6, 6.07) is 20.5. The van der Waals surface area contributed by atoms with Crippen LogP contribution < -0.4 is 24.4 Å². The van der Waals surface area contributed by atoms with Crippen molar-refractivity contribution in [1.82, 2.24) is 4.57 Å². The van der Waals surface area contributed by atoms with Gasteiger partial charge in [-0.1, -0.05) is 92.6 Å². The van der Waals surface area contributed by atoms with Crippen molar-refractivity contribution in [3.05, 3.63) is 125 Å². The van der Waals surface area contributed by atoms with Gasteiger partial charge in [-0.05, 0) is 71.9 Å². The molecule has 9 heteroatoms. The van der Waals surface area contributed by atoms with Crippen LogP contribution in [0, 0.1) is 0 Å². The van der Waals surface area contributed by atoms with Gasteiger partial charge >= 0.3 is 5.97 Å². The van der Waals surface area contributed by atoms with Gasteiger partial charge in [-0.2, -0.15) is 0 Å². The van der Waals surface area contributed by atoms with E-state index in [0.29, 0.717) is 56.1 Å². The highest BCUT2D eigenvalue weighted by Crippen LogP contribution is 2.33. The number of carbonyl (C=O) groups is 1. The molecule has 0 unspecified atom stereocenters. The van der Waals surface area contributed by atoms with Gasteiger partial charge in [-0.3, -0.25) is 9.36 Å². The zero-order valence-corrected chi connectivity index (χ0v) is 27.7. The summed E-state index contributed by atoms with van der Waals surface area (Å²) in [5, 5.41) is 0.667. The summed E-state index contributed by atoms with van der Waals surface area (Å²) in [6.45, 7) is 8.67. The highest BCUT2D eigenvalue weighted by Gasteiger charge is 2.34. The van der Waals surface area contributed by atoms with Crippen molar-refractivity contribution in [2.45, 2.75) is 59.1 Å². The van der Waals surface area contributed by atoms with Crippen molar-refractivity contribution in [1.29, 1.82) is 0 Å². The maximum atomic E-state index is 14.1. The fraction of sp³-hybridized carbons (Fsp3) is 0.306. The Hall–Kier alpha value is -4.14. The van der Waals surface area contributed by atoms with Gasteiger partial charge in [0.2, 0.25) is 0 Å². The molecule has 7 nitrogen and oxygen atoms in total. The van der Waals surface area contributed by atoms with Crippen molar-refractivity contribution in [2.24, 2.45) is 4.99 Å². The number of thiazole rings is 1. The lowest BCUT2D eigenvalue weighted by Crippen LogP contribution is -2.40. The highest BCUT2D eigenvalue weighted by atomic mass is 35.5. The molecule has 2 heterocycles. The first kappa shape index (κ1) is 32.3. The molecule has 5 rings (SSSR count). The molecule has 0 saturated heterocycles. The minimum Gasteiger partial charge on any atom is -0.493 e. The van der Waals surface area contributed by atoms with Crippen LogP contribution in [0.4, 0.5) is 0 Å². The van der Waals surface area contributed by atoms with E-state index in [-0.39, 0.29) is 12.2 Å². The lowest BCUT2D eigenvalue weighted by molar-refractivity contribution is -0.139. The van der Waals surface area contributed by atoms with Gasteiger partial charge in [-0.15, -0.1) is 0 Å². The quantitative estimate of drug-likeness (QED) is 0.165. The second-order valence-corrected chi connectivity index (χ2v) is 12.5. The third-order valence-electron chi connectivity index (χ3n) is 7.60. The number of fused-ring (bicyclic) bond motifs is 1. The normalized spacial score (nSPS) is 14.7. The maximum absolute atomic E-state index is 14.1. The van der Waals surface area contributed by atoms with Gasteiger partial charge in [-0.25, -0.2) is 9.79 Å². The zero-order chi connectivity index (χ0) is 32.1. The average molecular weight is 645 g/mol. The first-order valence-corrected chi connectivity index (χ1v) is 16.3. The van der Waals surface area contributed by atoms with E-state index in [2.05, 4.69) is 26.0 Å². The molecular formula is C36H37ClN2O5S. The molecule has 0 bridgehead atoms. The molecule has 0 aliphatic carbocycles. The number of aromatic nitrogens is 1. The second kappa shape index (κ2) is 14.3. The Bertz CT molecular complexity index is 1890. The molecule has 1 aromatic heterocycles. The van der Waals surface area contributed by atoms with Gasteiger partial charge in [0.15, 0.2) is 16.3 Å². The lowest BCUT2D eigenvalue weighted by atomic mass is 9.92. The first-order valence-electron chi connectivity index (χ1n) is 15.1. The Kier molecular flexibility index (Phi) is 10.3. The summed E-state index contributed by atoms with van der Waals surface area (Å²) in [6.07, 6.45) is 3.21. The number of hydrogen-bond acceptors (Lipinski definition) is 7. The highest BCUT2D eigenvalue weighted by molar-refractivity contribution is 7.07. The van der Waals surface area contributed by atoms with Crippen LogP contribution in [0.3, 0.4) is 0 Å². The molecule has 0 fully saturated rings. The van der Waals surface area contributed by atoms with Gasteiger partial charge in [0.1, 0.15) is 6.61 Å². The molecule has 0 amide bonds. The smallest absolute Gasteiger partial charge is 0.338 e. The molecule has 0 radical (unpaired) electrons. The number of benzene rings is 3. The van der Waals surface area contributed by atoms with Gasteiger partial charge in [0.05, 0.1) is 35.6 Å². The van der Waals surface area contributed by atoms with E-state index >= 15 is 0 Å². The number of ether oxygens (including phenoxy) is 3. The molecule has 0 spiro atoms. The van der Waals surface area contributed by atoms with Gasteiger partial charge in [0, 0.05) is 5.02 Å². The Morgan fingerprint density at radius 2 is 1.78 bits per heavy atom. The van der Waals surface area contributed by atoms with E-state index in [0.717, 1.165) is 23.1 Å². The van der Waals surface area contributed by atoms with Crippen LogP contribution in [0.1, 0.15) is 74.8 Å². The van der Waals surface area contributed by atoms with Crippen LogP contribution in [0.15, 0.2) is 87.8 Å². The summed E-state index contributed by atoms with van der Waals surface area (Å²) >= 11 is 7.30. The zero-order valence-electron chi connectivity index (χ0n) is 26.1. The van der Waals surface area contributed by atoms with Crippen LogP contribution in [-0.2, 0) is 16.1 Å². The number of methoxy groups -OCH3 is 1. The fourth-order valence-corrected chi connectivity index (χ4v) is 6.43. The first-order chi connectivity index (χ1) is 21.7. The molecule has 0 N–H and O–H groups in total. The van der Waals surface area contributed by atoms with Crippen molar-refractivity contribution in [3.8, 4) is 11.5 Å². The number of carbonyl (C=O) groups excluding carboxylic acids is 1. The van der Waals surface area contributed by atoms with Crippen LogP contribution in [0.5, 0.6) is 11.5 Å². The van der Waals surface area contributed by atoms with Crippen molar-refractivity contribution in [3.63, 3.8) is 0 Å². The van der Waals surface area contributed by atoms with Gasteiger partial charge < -0.3 is 14.2 Å². The van der Waals surface area contributed by atoms with Crippen LogP contribution in [-0.4, -0.2) is 24.3 Å². The molecule has 234 valence electrons. The fourth-order valence-electron chi connectivity index (χ4n) is 5.29. The molecule has 0 saturated carbocycles. The van der Waals surface area contributed by atoms with Gasteiger partial charge in [0.25, 0.3) is 5.56 Å². The lowest BCUT2D eigenvalue weighted by Gasteiger charge is -2.26. The number of hydrogen-bond donors (Lipinski definition) is 0. The number of rotatable bonds is 11. The predicted molar refractivity (Wildman–Crippen MR) is 179 cm³/mol. The molecule has 1 aliphatic heterocycles. The van der Waals surface area contributed by atoms with E-state index < -0.39 is 12.0 Å². The standard InChI is InChI=1S/C36H37ClN2O5S/c1-6-8-28-32(35(41)43-7-2)33(26-14-12-25(13-15-26)22(3)4)39-34(40)31(45-36(39)38-28)20-24-11-18-29(30(19-24)42-5)44-21-23-9-16-27(37)17-10-23/h9-20,22,33H,6-8,21H2,1-5H3/b31-20-/t33-/m1/s1. The summed E-state index contributed by atoms with van der Waals surface area (Å²) in [7, 11) is 1.58. The average Bonchev–Trinajstić information content (AvgIpc) is 3.34. The Balaban J connectivity index is 1.57. The summed E-state index contributed by atoms with van der Waals surface area (Å²) in [4.78, 5) is 33.0. The largest absolute Gasteiger partial charge is 0.493 e. The number of halogens is 1. The molecule has 3 aromatic carbocycles. The minimum absolute atomic E-state index is 0.226. The maximum Gasteiger partial charge on any atom is 0.338 e. The third kappa shape index (κ3) is 7.08. The number of nitrogens with zero attached hydrogens (tertiary/aromatic N) is 2. The van der Waals surface area contributed by atoms with E-state index in [1.54, 1.807) is 18.6 Å². The Morgan fingerprint density at radius 3 is 2.42 bits per heavy atom. The van der Waals surface area contributed by atoms with E-state index in [4.69, 9.17) is 30.8 Å². The number of esters is 1. The third-order valence-corrected chi connectivity index (χ3v) is 8.84. The van der Waals surface area contributed by atoms with E-state index in [9.17, 15) is 9.59 Å². The minimum atomic E-state index is -0.650. The molecule has 45 heavy (non-hydrogen) atoms. The monoisotopic (exact) mass is 644 g/mol. The summed E-state index contributed by atoms with van der Waals surface area (Å²) in [5.74, 6) is 1.03. The van der Waals surface area contributed by atoms with Crippen LogP contribution in [0.25, 0.3) is 6.08 Å². The van der Waals surface area contributed by atoms with Crippen molar-refractivity contribution < 1.29 is 19.0 Å². The van der Waals surface area contributed by atoms with E-state index in [1.807, 2.05) is 67.6 Å². The molecular weight excluding hydrogens is 608 g/mol. The molecule has 1 aliphatic rings. The topological polar surface area (TPSA) is 79.1 Å². The SMILES string of the molecule is CCCC1=C(C(=O)OCC)[C@@H](c2ccc(C(C)C)cc2)n2c(s/c(=C\c3ccc(OCc4ccc(Cl)cc4)c(OC)c3)c2=O)=N1. The Labute approximate surface area is 272 Å². The molecule has 1 atom stereocenters. The Morgan fingerprint density at radius 1 is 1.04 bits per heavy atom. The molecule has 4 aromatic rings. The second-order valence-electron chi connectivity index (χ2n) is 11.1. The van der Waals surface area contributed by atoms with Crippen molar-refractivity contribution >= 4 is 35.0 Å². The number of allylic oxidation sites excluding steroid dienone is 1. The van der Waals surface area contributed by atoms with Crippen molar-refractivity contribution in [2.75, 3.05) is 13.7 Å². The van der Waals surface area contributed by atoms with E-state index in [1.165, 1.54) is 16.9 Å². The summed E-state index contributed by atoms with van der Waals surface area (Å²) in [5.41, 5.74) is 4.61. The predicted octanol–water partition coefficient (Wildman–Crippen LogP) is 6.94.